The highest BCUT2D eigenvalue weighted by molar-refractivity contribution is 7.99. The fraction of sp³-hybridized carbons (Fsp3) is 0.333. The van der Waals surface area contributed by atoms with Gasteiger partial charge in [0.25, 0.3) is 0 Å². The molecule has 1 aliphatic carbocycles. The number of fused-ring (bicyclic) bond motifs is 2. The van der Waals surface area contributed by atoms with Crippen molar-refractivity contribution in [2.45, 2.75) is 44.3 Å². The predicted molar refractivity (Wildman–Crippen MR) is 125 cm³/mol. The first-order chi connectivity index (χ1) is 14.7. The number of aromatic nitrogens is 4. The van der Waals surface area contributed by atoms with Crippen molar-refractivity contribution in [2.24, 2.45) is 0 Å². The molecule has 1 amide bonds. The minimum Gasteiger partial charge on any atom is -0.302 e. The smallest absolute Gasteiger partial charge is 0.236 e. The summed E-state index contributed by atoms with van der Waals surface area (Å²) in [5.41, 5.74) is 3.56. The summed E-state index contributed by atoms with van der Waals surface area (Å²) in [6, 6.07) is 7.88. The van der Waals surface area contributed by atoms with Crippen LogP contribution < -0.4 is 5.32 Å². The van der Waals surface area contributed by atoms with Gasteiger partial charge >= 0.3 is 0 Å². The van der Waals surface area contributed by atoms with Gasteiger partial charge in [-0.2, -0.15) is 0 Å². The van der Waals surface area contributed by atoms with Gasteiger partial charge in [0.2, 0.25) is 5.91 Å². The number of anilines is 1. The molecule has 0 spiro atoms. The lowest BCUT2D eigenvalue weighted by molar-refractivity contribution is -0.113. The molecular formula is C21H21N5OS3. The molecule has 9 heteroatoms. The minimum absolute atomic E-state index is 0.0841. The van der Waals surface area contributed by atoms with Crippen LogP contribution in [0.1, 0.15) is 30.2 Å². The topological polar surface area (TPSA) is 72.7 Å². The molecule has 30 heavy (non-hydrogen) atoms. The number of para-hydroxylation sites is 1. The SMILES string of the molecule is CCn1c(SCC(=O)Nc2nc3ccccc3s2)nnc1-c1csc2c1CCCC2. The standard InChI is InChI=1S/C21H21N5OS3/c1-2-26-19(14-11-28-16-9-5-3-7-13(14)16)24-25-21(26)29-12-18(27)23-20-22-15-8-4-6-10-17(15)30-20/h4,6,8,10-11H,2-3,5,7,9,12H2,1H3,(H,22,23,27). The molecule has 0 saturated carbocycles. The number of hydrogen-bond acceptors (Lipinski definition) is 7. The molecule has 5 rings (SSSR count). The summed E-state index contributed by atoms with van der Waals surface area (Å²) in [6.07, 6.45) is 4.81. The molecule has 4 aromatic rings. The summed E-state index contributed by atoms with van der Waals surface area (Å²) in [6.45, 7) is 2.87. The highest BCUT2D eigenvalue weighted by Crippen LogP contribution is 2.36. The molecule has 1 aliphatic rings. The van der Waals surface area contributed by atoms with Gasteiger partial charge in [-0.3, -0.25) is 4.79 Å². The fourth-order valence-electron chi connectivity index (χ4n) is 3.77. The summed E-state index contributed by atoms with van der Waals surface area (Å²) >= 11 is 4.74. The number of thiophene rings is 1. The number of hydrogen-bond donors (Lipinski definition) is 1. The normalized spacial score (nSPS) is 13.5. The van der Waals surface area contributed by atoms with Crippen LogP contribution >= 0.6 is 34.4 Å². The second-order valence-electron chi connectivity index (χ2n) is 7.13. The second kappa shape index (κ2) is 8.49. The lowest BCUT2D eigenvalue weighted by atomic mass is 9.96. The molecular weight excluding hydrogens is 434 g/mol. The maximum absolute atomic E-state index is 12.5. The Kier molecular flexibility index (Phi) is 5.58. The van der Waals surface area contributed by atoms with E-state index in [4.69, 9.17) is 0 Å². The number of aryl methyl sites for hydroxylation is 1. The summed E-state index contributed by atoms with van der Waals surface area (Å²) < 4.78 is 3.18. The zero-order valence-corrected chi connectivity index (χ0v) is 19.0. The first-order valence-corrected chi connectivity index (χ1v) is 12.7. The number of nitrogens with zero attached hydrogens (tertiary/aromatic N) is 4. The molecule has 0 fully saturated rings. The maximum Gasteiger partial charge on any atom is 0.236 e. The highest BCUT2D eigenvalue weighted by Gasteiger charge is 2.22. The third kappa shape index (κ3) is 3.77. The number of nitrogens with one attached hydrogen (secondary N) is 1. The first-order valence-electron chi connectivity index (χ1n) is 10.0. The van der Waals surface area contributed by atoms with Crippen molar-refractivity contribution in [1.82, 2.24) is 19.7 Å². The van der Waals surface area contributed by atoms with E-state index in [1.165, 1.54) is 58.4 Å². The van der Waals surface area contributed by atoms with Gasteiger partial charge in [-0.1, -0.05) is 35.2 Å². The molecule has 0 bridgehead atoms. The summed E-state index contributed by atoms with van der Waals surface area (Å²) in [5.74, 6) is 1.11. The van der Waals surface area contributed by atoms with Crippen LogP contribution in [0.4, 0.5) is 5.13 Å². The molecule has 3 aromatic heterocycles. The predicted octanol–water partition coefficient (Wildman–Crippen LogP) is 5.25. The third-order valence-corrected chi connectivity index (χ3v) is 8.22. The summed E-state index contributed by atoms with van der Waals surface area (Å²) in [7, 11) is 0. The van der Waals surface area contributed by atoms with Crippen molar-refractivity contribution in [3.63, 3.8) is 0 Å². The largest absolute Gasteiger partial charge is 0.302 e. The average molecular weight is 456 g/mol. The van der Waals surface area contributed by atoms with Crippen LogP contribution in [0.15, 0.2) is 34.8 Å². The van der Waals surface area contributed by atoms with Crippen LogP contribution in [-0.2, 0) is 24.2 Å². The van der Waals surface area contributed by atoms with Gasteiger partial charge in [0, 0.05) is 22.4 Å². The van der Waals surface area contributed by atoms with Crippen LogP contribution in [0.2, 0.25) is 0 Å². The van der Waals surface area contributed by atoms with Gasteiger partial charge in [0.05, 0.1) is 16.0 Å². The van der Waals surface area contributed by atoms with Crippen LogP contribution in [0.5, 0.6) is 0 Å². The molecule has 1 aromatic carbocycles. The van der Waals surface area contributed by atoms with Crippen LogP contribution in [0.25, 0.3) is 21.6 Å². The van der Waals surface area contributed by atoms with Crippen LogP contribution in [-0.4, -0.2) is 31.4 Å². The van der Waals surface area contributed by atoms with Crippen LogP contribution in [0, 0.1) is 0 Å². The van der Waals surface area contributed by atoms with Crippen molar-refractivity contribution < 1.29 is 4.79 Å². The number of rotatable bonds is 6. The Morgan fingerprint density at radius 3 is 2.97 bits per heavy atom. The van der Waals surface area contributed by atoms with Crippen molar-refractivity contribution in [3.05, 3.63) is 40.1 Å². The van der Waals surface area contributed by atoms with Gasteiger partial charge in [-0.05, 0) is 50.3 Å². The van der Waals surface area contributed by atoms with E-state index in [0.29, 0.717) is 5.13 Å². The Hall–Kier alpha value is -2.23. The lowest BCUT2D eigenvalue weighted by Crippen LogP contribution is -2.14. The third-order valence-electron chi connectivity index (χ3n) is 5.21. The average Bonchev–Trinajstić information content (AvgIpc) is 3.47. The quantitative estimate of drug-likeness (QED) is 0.402. The van der Waals surface area contributed by atoms with E-state index in [1.54, 1.807) is 0 Å². The minimum atomic E-state index is -0.0841. The number of amides is 1. The van der Waals surface area contributed by atoms with E-state index < -0.39 is 0 Å². The zero-order valence-electron chi connectivity index (χ0n) is 16.6. The lowest BCUT2D eigenvalue weighted by Gasteiger charge is -2.13. The fourth-order valence-corrected chi connectivity index (χ4v) is 6.58. The molecule has 0 saturated heterocycles. The Morgan fingerprint density at radius 1 is 1.23 bits per heavy atom. The monoisotopic (exact) mass is 455 g/mol. The van der Waals surface area contributed by atoms with Crippen LogP contribution in [0.3, 0.4) is 0 Å². The van der Waals surface area contributed by atoms with Crippen molar-refractivity contribution in [1.29, 1.82) is 0 Å². The van der Waals surface area contributed by atoms with Gasteiger partial charge in [-0.25, -0.2) is 4.98 Å². The Bertz CT molecular complexity index is 1180. The van der Waals surface area contributed by atoms with E-state index in [-0.39, 0.29) is 11.7 Å². The van der Waals surface area contributed by atoms with Gasteiger partial charge in [-0.15, -0.1) is 21.5 Å². The van der Waals surface area contributed by atoms with E-state index >= 15 is 0 Å². The number of carbonyl (C=O) groups is 1. The second-order valence-corrected chi connectivity index (χ2v) is 10.1. The van der Waals surface area contributed by atoms with Gasteiger partial charge in [0.1, 0.15) is 0 Å². The van der Waals surface area contributed by atoms with E-state index in [9.17, 15) is 4.79 Å². The van der Waals surface area contributed by atoms with Gasteiger partial charge < -0.3 is 9.88 Å². The molecule has 0 unspecified atom stereocenters. The Balaban J connectivity index is 1.29. The molecule has 0 aliphatic heterocycles. The number of carbonyl (C=O) groups excluding carboxylic acids is 1. The number of thioether (sulfide) groups is 1. The molecule has 0 atom stereocenters. The number of thiazole rings is 1. The zero-order chi connectivity index (χ0) is 20.5. The Morgan fingerprint density at radius 2 is 2.10 bits per heavy atom. The van der Waals surface area contributed by atoms with Gasteiger partial charge in [0.15, 0.2) is 16.1 Å². The molecule has 6 nitrogen and oxygen atoms in total. The summed E-state index contributed by atoms with van der Waals surface area (Å²) in [4.78, 5) is 18.4. The number of benzene rings is 1. The van der Waals surface area contributed by atoms with E-state index in [2.05, 4.69) is 37.4 Å². The van der Waals surface area contributed by atoms with Crippen molar-refractivity contribution in [2.75, 3.05) is 11.1 Å². The molecule has 154 valence electrons. The summed E-state index contributed by atoms with van der Waals surface area (Å²) in [5, 5.41) is 15.4. The highest BCUT2D eigenvalue weighted by atomic mass is 32.2. The van der Waals surface area contributed by atoms with Crippen molar-refractivity contribution in [3.8, 4) is 11.4 Å². The Labute approximate surface area is 186 Å². The van der Waals surface area contributed by atoms with Crippen molar-refractivity contribution >= 4 is 55.7 Å². The molecule has 3 heterocycles. The van der Waals surface area contributed by atoms with E-state index in [1.807, 2.05) is 35.6 Å². The first kappa shape index (κ1) is 19.7. The maximum atomic E-state index is 12.5. The molecule has 0 radical (unpaired) electrons. The molecule has 1 N–H and O–H groups in total. The van der Waals surface area contributed by atoms with E-state index in [0.717, 1.165) is 34.2 Å².